The largest absolute Gasteiger partial charge is 0.369 e. The molecule has 0 aromatic rings. The van der Waals surface area contributed by atoms with E-state index in [2.05, 4.69) is 17.9 Å². The molecule has 19 heavy (non-hydrogen) atoms. The molecule has 108 valence electrons. The van der Waals surface area contributed by atoms with E-state index in [0.717, 1.165) is 38.8 Å². The van der Waals surface area contributed by atoms with Crippen LogP contribution in [0, 0.1) is 17.2 Å². The van der Waals surface area contributed by atoms with Crippen LogP contribution in [-0.4, -0.2) is 35.5 Å². The molecular formula is C14H26N4O. The van der Waals surface area contributed by atoms with Gasteiger partial charge in [0.1, 0.15) is 5.54 Å². The number of nitrogens with two attached hydrogens (primary N) is 2. The minimum absolute atomic E-state index is 0.00455. The average molecular weight is 266 g/mol. The summed E-state index contributed by atoms with van der Waals surface area (Å²) in [7, 11) is 0. The SMILES string of the molecule is CC1CCC(C(N)=O)CN1CCCCC(C)(N)C#N. The van der Waals surface area contributed by atoms with Gasteiger partial charge in [-0.15, -0.1) is 0 Å². The molecule has 1 saturated heterocycles. The van der Waals surface area contributed by atoms with Gasteiger partial charge in [0.2, 0.25) is 5.91 Å². The maximum Gasteiger partial charge on any atom is 0.221 e. The third kappa shape index (κ3) is 5.17. The Morgan fingerprint density at radius 2 is 2.16 bits per heavy atom. The molecule has 1 aliphatic heterocycles. The van der Waals surface area contributed by atoms with E-state index >= 15 is 0 Å². The number of piperidine rings is 1. The van der Waals surface area contributed by atoms with Gasteiger partial charge in [0.25, 0.3) is 0 Å². The average Bonchev–Trinajstić information content (AvgIpc) is 2.36. The molecular weight excluding hydrogens is 240 g/mol. The van der Waals surface area contributed by atoms with Crippen LogP contribution in [-0.2, 0) is 4.79 Å². The van der Waals surface area contributed by atoms with Gasteiger partial charge in [-0.3, -0.25) is 9.69 Å². The summed E-state index contributed by atoms with van der Waals surface area (Å²) in [5.41, 5.74) is 10.5. The molecule has 1 aliphatic rings. The van der Waals surface area contributed by atoms with Gasteiger partial charge in [0.15, 0.2) is 0 Å². The molecule has 5 nitrogen and oxygen atoms in total. The number of rotatable bonds is 6. The van der Waals surface area contributed by atoms with Crippen molar-refractivity contribution in [3.8, 4) is 6.07 Å². The molecule has 4 N–H and O–H groups in total. The smallest absolute Gasteiger partial charge is 0.221 e. The highest BCUT2D eigenvalue weighted by molar-refractivity contribution is 5.76. The fraction of sp³-hybridized carbons (Fsp3) is 0.857. The molecule has 1 rings (SSSR count). The van der Waals surface area contributed by atoms with Gasteiger partial charge in [-0.05, 0) is 52.5 Å². The Labute approximate surface area is 115 Å². The van der Waals surface area contributed by atoms with Gasteiger partial charge in [0, 0.05) is 12.6 Å². The number of carbonyl (C=O) groups excluding carboxylic acids is 1. The van der Waals surface area contributed by atoms with Gasteiger partial charge >= 0.3 is 0 Å². The van der Waals surface area contributed by atoms with Crippen molar-refractivity contribution in [3.05, 3.63) is 0 Å². The first kappa shape index (κ1) is 15.9. The van der Waals surface area contributed by atoms with E-state index in [1.807, 2.05) is 0 Å². The Kier molecular flexibility index (Phi) is 5.77. The number of nitriles is 1. The molecule has 1 amide bonds. The molecule has 0 radical (unpaired) electrons. The van der Waals surface area contributed by atoms with Crippen LogP contribution in [0.3, 0.4) is 0 Å². The molecule has 1 fully saturated rings. The zero-order chi connectivity index (χ0) is 14.5. The summed E-state index contributed by atoms with van der Waals surface area (Å²) in [5.74, 6) is -0.189. The minimum Gasteiger partial charge on any atom is -0.369 e. The number of hydrogen-bond acceptors (Lipinski definition) is 4. The first-order chi connectivity index (χ1) is 8.85. The number of nitrogens with zero attached hydrogens (tertiary/aromatic N) is 2. The topological polar surface area (TPSA) is 96.1 Å². The zero-order valence-electron chi connectivity index (χ0n) is 12.1. The van der Waals surface area contributed by atoms with Crippen LogP contribution in [0.2, 0.25) is 0 Å². The molecule has 0 aliphatic carbocycles. The summed E-state index contributed by atoms with van der Waals surface area (Å²) in [5, 5.41) is 8.84. The number of carbonyl (C=O) groups is 1. The molecule has 0 bridgehead atoms. The fourth-order valence-electron chi connectivity index (χ4n) is 2.59. The van der Waals surface area contributed by atoms with Crippen LogP contribution in [0.5, 0.6) is 0 Å². The second-order valence-corrected chi connectivity index (χ2v) is 6.01. The first-order valence-electron chi connectivity index (χ1n) is 7.09. The van der Waals surface area contributed by atoms with Gasteiger partial charge < -0.3 is 11.5 Å². The number of hydrogen-bond donors (Lipinski definition) is 2. The van der Waals surface area contributed by atoms with E-state index in [1.54, 1.807) is 6.92 Å². The minimum atomic E-state index is -0.719. The van der Waals surface area contributed by atoms with Crippen LogP contribution >= 0.6 is 0 Å². The molecule has 1 heterocycles. The van der Waals surface area contributed by atoms with Crippen LogP contribution in [0.1, 0.15) is 46.0 Å². The standard InChI is InChI=1S/C14H26N4O/c1-11-5-6-12(13(16)19)9-18(11)8-4-3-7-14(2,17)10-15/h11-12H,3-9,17H2,1-2H3,(H2,16,19). The summed E-state index contributed by atoms with van der Waals surface area (Å²) in [6, 6.07) is 2.62. The lowest BCUT2D eigenvalue weighted by atomic mass is 9.92. The Morgan fingerprint density at radius 1 is 1.47 bits per heavy atom. The fourth-order valence-corrected chi connectivity index (χ4v) is 2.59. The van der Waals surface area contributed by atoms with Crippen LogP contribution in [0.15, 0.2) is 0 Å². The van der Waals surface area contributed by atoms with Crippen molar-refractivity contribution >= 4 is 5.91 Å². The third-order valence-corrected chi connectivity index (χ3v) is 4.06. The van der Waals surface area contributed by atoms with Crippen molar-refractivity contribution in [2.24, 2.45) is 17.4 Å². The molecule has 3 atom stereocenters. The lowest BCUT2D eigenvalue weighted by molar-refractivity contribution is -0.123. The zero-order valence-corrected chi connectivity index (χ0v) is 12.1. The van der Waals surface area contributed by atoms with E-state index < -0.39 is 5.54 Å². The monoisotopic (exact) mass is 266 g/mol. The van der Waals surface area contributed by atoms with Crippen molar-refractivity contribution in [1.29, 1.82) is 5.26 Å². The summed E-state index contributed by atoms with van der Waals surface area (Å²) in [6.07, 6.45) is 4.59. The van der Waals surface area contributed by atoms with Gasteiger partial charge in [0.05, 0.1) is 12.0 Å². The second kappa shape index (κ2) is 6.88. The second-order valence-electron chi connectivity index (χ2n) is 6.01. The molecule has 5 heteroatoms. The predicted octanol–water partition coefficient (Wildman–Crippen LogP) is 0.983. The van der Waals surface area contributed by atoms with E-state index in [0.29, 0.717) is 12.5 Å². The summed E-state index contributed by atoms with van der Waals surface area (Å²) in [4.78, 5) is 13.6. The summed E-state index contributed by atoms with van der Waals surface area (Å²) in [6.45, 7) is 5.68. The lowest BCUT2D eigenvalue weighted by Gasteiger charge is -2.37. The molecule has 0 aromatic heterocycles. The normalized spacial score (nSPS) is 27.5. The quantitative estimate of drug-likeness (QED) is 0.700. The van der Waals surface area contributed by atoms with Crippen LogP contribution in [0.25, 0.3) is 0 Å². The lowest BCUT2D eigenvalue weighted by Crippen LogP contribution is -2.46. The predicted molar refractivity (Wildman–Crippen MR) is 75.0 cm³/mol. The number of unbranched alkanes of at least 4 members (excludes halogenated alkanes) is 1. The van der Waals surface area contributed by atoms with E-state index in [-0.39, 0.29) is 11.8 Å². The molecule has 0 saturated carbocycles. The van der Waals surface area contributed by atoms with Gasteiger partial charge in [-0.25, -0.2) is 0 Å². The maximum absolute atomic E-state index is 11.2. The summed E-state index contributed by atoms with van der Waals surface area (Å²) >= 11 is 0. The number of amides is 1. The van der Waals surface area contributed by atoms with E-state index in [9.17, 15) is 4.79 Å². The number of primary amides is 1. The van der Waals surface area contributed by atoms with Crippen molar-refractivity contribution in [3.63, 3.8) is 0 Å². The highest BCUT2D eigenvalue weighted by Gasteiger charge is 2.28. The Morgan fingerprint density at radius 3 is 2.74 bits per heavy atom. The van der Waals surface area contributed by atoms with Crippen LogP contribution < -0.4 is 11.5 Å². The van der Waals surface area contributed by atoms with Gasteiger partial charge in [-0.1, -0.05) is 0 Å². The van der Waals surface area contributed by atoms with E-state index in [1.165, 1.54) is 0 Å². The van der Waals surface area contributed by atoms with Crippen molar-refractivity contribution in [2.45, 2.75) is 57.5 Å². The highest BCUT2D eigenvalue weighted by Crippen LogP contribution is 2.22. The molecule has 3 unspecified atom stereocenters. The van der Waals surface area contributed by atoms with Crippen molar-refractivity contribution in [2.75, 3.05) is 13.1 Å². The van der Waals surface area contributed by atoms with Crippen molar-refractivity contribution < 1.29 is 4.79 Å². The summed E-state index contributed by atoms with van der Waals surface area (Å²) < 4.78 is 0. The Bertz CT molecular complexity index is 348. The molecule has 0 aromatic carbocycles. The van der Waals surface area contributed by atoms with Crippen LogP contribution in [0.4, 0.5) is 0 Å². The van der Waals surface area contributed by atoms with Crippen molar-refractivity contribution in [1.82, 2.24) is 4.90 Å². The molecule has 0 spiro atoms. The van der Waals surface area contributed by atoms with E-state index in [4.69, 9.17) is 16.7 Å². The first-order valence-corrected chi connectivity index (χ1v) is 7.09. The highest BCUT2D eigenvalue weighted by atomic mass is 16.1. The number of likely N-dealkylation sites (tertiary alicyclic amines) is 1. The van der Waals surface area contributed by atoms with Gasteiger partial charge in [-0.2, -0.15) is 5.26 Å². The maximum atomic E-state index is 11.2. The Balaban J connectivity index is 2.31. The third-order valence-electron chi connectivity index (χ3n) is 4.06. The Hall–Kier alpha value is -1.12.